The molecule has 0 bridgehead atoms. The summed E-state index contributed by atoms with van der Waals surface area (Å²) < 4.78 is 1.83. The number of aromatic nitrogens is 1. The minimum atomic E-state index is -0.452. The van der Waals surface area contributed by atoms with Gasteiger partial charge < -0.3 is 4.57 Å². The highest BCUT2D eigenvalue weighted by atomic mass is 35.5. The van der Waals surface area contributed by atoms with Crippen LogP contribution >= 0.6 is 35.0 Å². The number of amides is 1. The summed E-state index contributed by atoms with van der Waals surface area (Å²) in [5.41, 5.74) is 1.60. The lowest BCUT2D eigenvalue weighted by molar-refractivity contribution is -0.114. The van der Waals surface area contributed by atoms with Crippen molar-refractivity contribution < 1.29 is 4.79 Å². The monoisotopic (exact) mass is 431 g/mol. The Morgan fingerprint density at radius 1 is 1.29 bits per heavy atom. The molecular weight excluding hydrogens is 417 g/mol. The molecule has 3 heterocycles. The van der Waals surface area contributed by atoms with E-state index in [1.54, 1.807) is 24.3 Å². The molecule has 0 spiro atoms. The van der Waals surface area contributed by atoms with Gasteiger partial charge in [-0.05, 0) is 61.0 Å². The maximum atomic E-state index is 12.6. The fourth-order valence-electron chi connectivity index (χ4n) is 2.90. The minimum Gasteiger partial charge on any atom is -0.316 e. The van der Waals surface area contributed by atoms with Crippen molar-refractivity contribution in [3.8, 4) is 5.69 Å². The topological polar surface area (TPSA) is 73.8 Å². The molecule has 6 nitrogen and oxygen atoms in total. The summed E-state index contributed by atoms with van der Waals surface area (Å²) in [5, 5.41) is 16.6. The van der Waals surface area contributed by atoms with E-state index in [1.165, 1.54) is 16.8 Å². The van der Waals surface area contributed by atoms with Crippen molar-refractivity contribution in [1.82, 2.24) is 9.58 Å². The minimum absolute atomic E-state index is 0.0172. The quantitative estimate of drug-likeness (QED) is 0.675. The third-order valence-electron chi connectivity index (χ3n) is 4.20. The van der Waals surface area contributed by atoms with Crippen LogP contribution in [-0.4, -0.2) is 31.5 Å². The van der Waals surface area contributed by atoms with Crippen LogP contribution in [0.25, 0.3) is 11.8 Å². The molecular formula is C19H15Cl2N5OS. The van der Waals surface area contributed by atoms with Gasteiger partial charge in [-0.25, -0.2) is 0 Å². The van der Waals surface area contributed by atoms with E-state index in [0.717, 1.165) is 23.6 Å². The Bertz CT molecular complexity index is 1090. The van der Waals surface area contributed by atoms with Gasteiger partial charge in [-0.2, -0.15) is 15.1 Å². The van der Waals surface area contributed by atoms with Crippen molar-refractivity contribution in [2.45, 2.75) is 19.8 Å². The average Bonchev–Trinajstić information content (AvgIpc) is 3.26. The van der Waals surface area contributed by atoms with Crippen molar-refractivity contribution in [3.63, 3.8) is 0 Å². The Morgan fingerprint density at radius 2 is 2.11 bits per heavy atom. The molecule has 0 fully saturated rings. The van der Waals surface area contributed by atoms with Gasteiger partial charge in [-0.15, -0.1) is 0 Å². The zero-order chi connectivity index (χ0) is 19.8. The Hall–Kier alpha value is -2.35. The van der Waals surface area contributed by atoms with Crippen molar-refractivity contribution in [2.75, 3.05) is 0 Å². The summed E-state index contributed by atoms with van der Waals surface area (Å²) in [5.74, 6) is -0.435. The van der Waals surface area contributed by atoms with Gasteiger partial charge in [0.1, 0.15) is 5.04 Å². The SMILES string of the molecule is CCCC1=NN2C(=N)/C(=C\c3cccn3-c3ccc(Cl)cc3Cl)C(=O)N=C2S1. The third-order valence-corrected chi connectivity index (χ3v) is 5.71. The first-order chi connectivity index (χ1) is 13.5. The second kappa shape index (κ2) is 7.58. The molecule has 2 aromatic rings. The van der Waals surface area contributed by atoms with Crippen LogP contribution in [0.1, 0.15) is 25.5 Å². The lowest BCUT2D eigenvalue weighted by Gasteiger charge is -2.20. The van der Waals surface area contributed by atoms with Crippen LogP contribution in [-0.2, 0) is 4.79 Å². The second-order valence-corrected chi connectivity index (χ2v) is 8.05. The number of hydrogen-bond acceptors (Lipinski definition) is 4. The molecule has 0 aliphatic carbocycles. The van der Waals surface area contributed by atoms with Gasteiger partial charge in [-0.1, -0.05) is 30.1 Å². The first-order valence-corrected chi connectivity index (χ1v) is 10.2. The third kappa shape index (κ3) is 3.41. The highest BCUT2D eigenvalue weighted by molar-refractivity contribution is 8.26. The number of hydrazone groups is 1. The predicted octanol–water partition coefficient (Wildman–Crippen LogP) is 5.20. The number of carbonyl (C=O) groups is 1. The van der Waals surface area contributed by atoms with E-state index in [1.807, 2.05) is 22.9 Å². The van der Waals surface area contributed by atoms with Gasteiger partial charge in [0.15, 0.2) is 5.84 Å². The smallest absolute Gasteiger partial charge is 0.283 e. The maximum absolute atomic E-state index is 12.6. The molecule has 1 N–H and O–H groups in total. The predicted molar refractivity (Wildman–Crippen MR) is 116 cm³/mol. The number of nitrogens with zero attached hydrogens (tertiary/aromatic N) is 4. The summed E-state index contributed by atoms with van der Waals surface area (Å²) in [7, 11) is 0. The highest BCUT2D eigenvalue weighted by Gasteiger charge is 2.35. The molecule has 9 heteroatoms. The molecule has 0 saturated heterocycles. The van der Waals surface area contributed by atoms with Crippen LogP contribution < -0.4 is 0 Å². The van der Waals surface area contributed by atoms with E-state index >= 15 is 0 Å². The molecule has 1 amide bonds. The van der Waals surface area contributed by atoms with Crippen molar-refractivity contribution in [3.05, 3.63) is 57.8 Å². The molecule has 2 aliphatic heterocycles. The maximum Gasteiger partial charge on any atom is 0.283 e. The van der Waals surface area contributed by atoms with Crippen LogP contribution in [0.3, 0.4) is 0 Å². The van der Waals surface area contributed by atoms with Gasteiger partial charge >= 0.3 is 0 Å². The zero-order valence-corrected chi connectivity index (χ0v) is 17.1. The molecule has 0 atom stereocenters. The highest BCUT2D eigenvalue weighted by Crippen LogP contribution is 2.31. The van der Waals surface area contributed by atoms with Gasteiger partial charge in [0, 0.05) is 16.9 Å². The van der Waals surface area contributed by atoms with E-state index in [9.17, 15) is 4.79 Å². The van der Waals surface area contributed by atoms with E-state index in [2.05, 4.69) is 17.0 Å². The van der Waals surface area contributed by atoms with Crippen LogP contribution in [0.15, 0.2) is 52.2 Å². The van der Waals surface area contributed by atoms with Crippen LogP contribution in [0.5, 0.6) is 0 Å². The van der Waals surface area contributed by atoms with Crippen LogP contribution in [0, 0.1) is 5.41 Å². The summed E-state index contributed by atoms with van der Waals surface area (Å²) in [4.78, 5) is 16.7. The summed E-state index contributed by atoms with van der Waals surface area (Å²) in [6, 6.07) is 8.88. The zero-order valence-electron chi connectivity index (χ0n) is 14.8. The van der Waals surface area contributed by atoms with Crippen molar-refractivity contribution in [1.29, 1.82) is 5.41 Å². The molecule has 1 aromatic carbocycles. The second-order valence-electron chi connectivity index (χ2n) is 6.16. The van der Waals surface area contributed by atoms with Crippen LogP contribution in [0.2, 0.25) is 10.0 Å². The summed E-state index contributed by atoms with van der Waals surface area (Å²) >= 11 is 13.7. The Labute approximate surface area is 176 Å². The number of rotatable bonds is 4. The van der Waals surface area contributed by atoms with Gasteiger partial charge in [-0.3, -0.25) is 10.2 Å². The molecule has 0 radical (unpaired) electrons. The number of nitrogens with one attached hydrogen (secondary N) is 1. The standard InChI is InChI=1S/C19H15Cl2N5OS/c1-2-4-16-24-26-17(22)13(18(27)23-19(26)28-16)10-12-5-3-8-25(12)15-7-6-11(20)9-14(15)21/h3,5-10,22H,2,4H2,1H3/b13-10+,22-17?. The van der Waals surface area contributed by atoms with Crippen molar-refractivity contribution in [2.24, 2.45) is 10.1 Å². The molecule has 4 rings (SSSR count). The van der Waals surface area contributed by atoms with Gasteiger partial charge in [0.2, 0.25) is 5.17 Å². The van der Waals surface area contributed by atoms with Gasteiger partial charge in [0.25, 0.3) is 5.91 Å². The first kappa shape index (κ1) is 19.0. The van der Waals surface area contributed by atoms with Crippen molar-refractivity contribution >= 4 is 63.0 Å². The number of hydrogen-bond donors (Lipinski definition) is 1. The summed E-state index contributed by atoms with van der Waals surface area (Å²) in [6.07, 6.45) is 5.19. The average molecular weight is 432 g/mol. The molecule has 0 saturated carbocycles. The Balaban J connectivity index is 1.72. The van der Waals surface area contributed by atoms with E-state index in [4.69, 9.17) is 28.6 Å². The number of carbonyl (C=O) groups excluding carboxylic acids is 1. The molecule has 0 unspecified atom stereocenters. The molecule has 2 aliphatic rings. The Kier molecular flexibility index (Phi) is 5.14. The number of halogens is 2. The fraction of sp³-hybridized carbons (Fsp3) is 0.158. The molecule has 28 heavy (non-hydrogen) atoms. The van der Waals surface area contributed by atoms with Gasteiger partial charge in [0.05, 0.1) is 16.3 Å². The number of aliphatic imine (C=N–C) groups is 1. The number of thioether (sulfide) groups is 1. The largest absolute Gasteiger partial charge is 0.316 e. The number of fused-ring (bicyclic) bond motifs is 1. The Morgan fingerprint density at radius 3 is 2.86 bits per heavy atom. The first-order valence-electron chi connectivity index (χ1n) is 8.60. The molecule has 142 valence electrons. The summed E-state index contributed by atoms with van der Waals surface area (Å²) in [6.45, 7) is 2.06. The van der Waals surface area contributed by atoms with E-state index in [0.29, 0.717) is 20.9 Å². The number of benzene rings is 1. The normalized spacial score (nSPS) is 17.8. The lowest BCUT2D eigenvalue weighted by Crippen LogP contribution is -2.35. The fourth-order valence-corrected chi connectivity index (χ4v) is 4.39. The van der Waals surface area contributed by atoms with E-state index < -0.39 is 5.91 Å². The van der Waals surface area contributed by atoms with Crippen LogP contribution in [0.4, 0.5) is 0 Å². The number of amidine groups is 2. The van der Waals surface area contributed by atoms with E-state index in [-0.39, 0.29) is 11.4 Å². The molecule has 1 aromatic heterocycles. The lowest BCUT2D eigenvalue weighted by atomic mass is 10.1.